The Morgan fingerprint density at radius 3 is 1.06 bits per heavy atom. The first-order valence-electron chi connectivity index (χ1n) is 31.3. The van der Waals surface area contributed by atoms with Crippen molar-refractivity contribution in [3.8, 4) is 16.8 Å². The number of anilines is 6. The van der Waals surface area contributed by atoms with Gasteiger partial charge in [0.05, 0.1) is 16.7 Å². The fraction of sp³-hybridized carbons (Fsp3) is 0. The second-order valence-corrected chi connectivity index (χ2v) is 31.5. The highest BCUT2D eigenvalue weighted by atomic mass is 28.3. The summed E-state index contributed by atoms with van der Waals surface area (Å²) in [6.45, 7) is -0.171. The van der Waals surface area contributed by atoms with Crippen LogP contribution in [0.2, 0.25) is 0 Å². The number of rotatable bonds is 12. The van der Waals surface area contributed by atoms with Gasteiger partial charge in [0.2, 0.25) is 0 Å². The van der Waals surface area contributed by atoms with Crippen molar-refractivity contribution < 1.29 is 0 Å². The molecule has 14 aromatic carbocycles. The maximum atomic E-state index is 2.64. The number of aromatic nitrogens is 1. The molecule has 15 aromatic rings. The Morgan fingerprint density at radius 1 is 0.222 bits per heavy atom. The Labute approximate surface area is 528 Å². The molecule has 0 saturated carbocycles. The van der Waals surface area contributed by atoms with E-state index in [9.17, 15) is 0 Å². The summed E-state index contributed by atoms with van der Waals surface area (Å²) in [7, 11) is -5.91. The van der Waals surface area contributed by atoms with Crippen LogP contribution in [0.4, 0.5) is 34.1 Å². The van der Waals surface area contributed by atoms with Crippen molar-refractivity contribution >= 4 is 137 Å². The first-order valence-corrected chi connectivity index (χ1v) is 35.3. The zero-order chi connectivity index (χ0) is 59.6. The zero-order valence-corrected chi connectivity index (χ0v) is 51.6. The molecule has 422 valence electrons. The van der Waals surface area contributed by atoms with E-state index >= 15 is 0 Å². The van der Waals surface area contributed by atoms with Crippen molar-refractivity contribution in [2.75, 3.05) is 9.80 Å². The lowest BCUT2D eigenvalue weighted by atomic mass is 9.33. The van der Waals surface area contributed by atoms with Gasteiger partial charge in [-0.3, -0.25) is 0 Å². The highest BCUT2D eigenvalue weighted by Crippen LogP contribution is 2.47. The van der Waals surface area contributed by atoms with E-state index < -0.39 is 16.1 Å². The smallest absolute Gasteiger partial charge is 0.252 e. The lowest BCUT2D eigenvalue weighted by molar-refractivity contribution is 1.16. The Morgan fingerprint density at radius 2 is 0.589 bits per heavy atom. The molecule has 0 N–H and O–H groups in total. The molecule has 6 heteroatoms. The van der Waals surface area contributed by atoms with E-state index in [2.05, 4.69) is 378 Å². The van der Waals surface area contributed by atoms with Gasteiger partial charge in [0, 0.05) is 44.9 Å². The van der Waals surface area contributed by atoms with Crippen LogP contribution in [0, 0.1) is 0 Å². The van der Waals surface area contributed by atoms with E-state index in [0.29, 0.717) is 0 Å². The van der Waals surface area contributed by atoms with Crippen molar-refractivity contribution in [3.05, 3.63) is 364 Å². The molecular formula is C84H60BN3Si2. The first kappa shape index (κ1) is 53.2. The largest absolute Gasteiger partial charge is 0.311 e. The molecule has 0 amide bonds. The van der Waals surface area contributed by atoms with Crippen molar-refractivity contribution in [1.29, 1.82) is 0 Å². The molecule has 0 unspecified atom stereocenters. The fourth-order valence-electron chi connectivity index (χ4n) is 15.5. The van der Waals surface area contributed by atoms with Gasteiger partial charge in [0.25, 0.3) is 6.71 Å². The number of hydrogen-bond donors (Lipinski definition) is 0. The van der Waals surface area contributed by atoms with E-state index in [1.807, 2.05) is 0 Å². The highest BCUT2D eigenvalue weighted by molar-refractivity contribution is 7.20. The molecule has 2 aliphatic heterocycles. The van der Waals surface area contributed by atoms with Crippen molar-refractivity contribution in [2.45, 2.75) is 0 Å². The van der Waals surface area contributed by atoms with Gasteiger partial charge >= 0.3 is 0 Å². The molecule has 0 bridgehead atoms. The molecule has 0 saturated heterocycles. The summed E-state index contributed by atoms with van der Waals surface area (Å²) < 4.78 is 2.51. The summed E-state index contributed by atoms with van der Waals surface area (Å²) in [5.74, 6) is 0. The van der Waals surface area contributed by atoms with Crippen LogP contribution >= 0.6 is 0 Å². The van der Waals surface area contributed by atoms with E-state index in [1.54, 1.807) is 0 Å². The van der Waals surface area contributed by atoms with E-state index in [0.717, 1.165) is 34.1 Å². The second kappa shape index (κ2) is 22.0. The summed E-state index contributed by atoms with van der Waals surface area (Å²) in [6.07, 6.45) is 0. The minimum absolute atomic E-state index is 0.171. The molecule has 3 nitrogen and oxygen atoms in total. The van der Waals surface area contributed by atoms with Crippen LogP contribution in [-0.2, 0) is 0 Å². The Hall–Kier alpha value is -11.0. The Bertz CT molecular complexity index is 4860. The van der Waals surface area contributed by atoms with Crippen LogP contribution in [0.25, 0.3) is 38.6 Å². The molecule has 0 fully saturated rings. The van der Waals surface area contributed by atoms with Gasteiger partial charge in [0.15, 0.2) is 16.1 Å². The molecular weight excluding hydrogens is 1120 g/mol. The first-order chi connectivity index (χ1) is 44.7. The van der Waals surface area contributed by atoms with Gasteiger partial charge in [-0.15, -0.1) is 0 Å². The fourth-order valence-corrected chi connectivity index (χ4v) is 25.0. The van der Waals surface area contributed by atoms with Gasteiger partial charge in [-0.1, -0.05) is 303 Å². The lowest BCUT2D eigenvalue weighted by Gasteiger charge is -2.45. The predicted molar refractivity (Wildman–Crippen MR) is 387 cm³/mol. The number of para-hydroxylation sites is 3. The number of nitrogens with zero attached hydrogens (tertiary/aromatic N) is 3. The number of hydrogen-bond acceptors (Lipinski definition) is 2. The van der Waals surface area contributed by atoms with Crippen LogP contribution < -0.4 is 67.7 Å². The summed E-state index contributed by atoms with van der Waals surface area (Å²) in [5.41, 5.74) is 16.4. The second-order valence-electron chi connectivity index (χ2n) is 23.9. The van der Waals surface area contributed by atoms with Crippen LogP contribution in [-0.4, -0.2) is 27.4 Å². The normalized spacial score (nSPS) is 12.6. The van der Waals surface area contributed by atoms with Gasteiger partial charge in [0.1, 0.15) is 0 Å². The van der Waals surface area contributed by atoms with Crippen molar-refractivity contribution in [3.63, 3.8) is 0 Å². The molecule has 0 atom stereocenters. The molecule has 1 aromatic heterocycles. The molecule has 2 aliphatic rings. The summed E-state index contributed by atoms with van der Waals surface area (Å²) in [4.78, 5) is 5.19. The molecule has 0 aliphatic carbocycles. The molecule has 0 spiro atoms. The molecule has 3 heterocycles. The van der Waals surface area contributed by atoms with Crippen molar-refractivity contribution in [2.24, 2.45) is 0 Å². The Kier molecular flexibility index (Phi) is 13.0. The standard InChI is InChI=1S/C84H60BN3Si2/c1-9-29-61(30-10-1)62-49-55-76-81(57-62)87(64-50-52-72(53-51-64)89(66-33-13-3-14-34-66,67-35-15-4-16-36-67)68-37-17-5-18-38-68)83-59-65(88-78-47-27-25-45-74(78)75-46-26-28-48-79(75)88)58-82-84(83)85(76)77-60-73(54-56-80(77)86(82)63-31-11-2-12-32-63)90(69-39-19-6-20-40-69,70-41-21-7-22-42-70)71-43-23-8-24-44-71/h1-60H. The van der Waals surface area contributed by atoms with Crippen molar-refractivity contribution in [1.82, 2.24) is 4.57 Å². The molecule has 0 radical (unpaired) electrons. The average molecular weight is 1180 g/mol. The molecule has 17 rings (SSSR count). The topological polar surface area (TPSA) is 11.4 Å². The average Bonchev–Trinajstić information content (AvgIpc) is 1.85. The van der Waals surface area contributed by atoms with Crippen LogP contribution in [0.3, 0.4) is 0 Å². The van der Waals surface area contributed by atoms with E-state index in [4.69, 9.17) is 0 Å². The number of benzene rings is 14. The molecule has 90 heavy (non-hydrogen) atoms. The third-order valence-corrected chi connectivity index (χ3v) is 28.8. The van der Waals surface area contributed by atoms with Gasteiger partial charge in [-0.25, -0.2) is 0 Å². The van der Waals surface area contributed by atoms with Crippen LogP contribution in [0.1, 0.15) is 0 Å². The quantitative estimate of drug-likeness (QED) is 0.0892. The summed E-state index contributed by atoms with van der Waals surface area (Å²) >= 11 is 0. The highest BCUT2D eigenvalue weighted by Gasteiger charge is 2.48. The summed E-state index contributed by atoms with van der Waals surface area (Å²) in [6, 6.07) is 137. The lowest BCUT2D eigenvalue weighted by Crippen LogP contribution is -2.75. The van der Waals surface area contributed by atoms with Gasteiger partial charge in [-0.05, 0) is 130 Å². The Balaban J connectivity index is 0.987. The number of fused-ring (bicyclic) bond motifs is 7. The maximum Gasteiger partial charge on any atom is 0.252 e. The minimum atomic E-state index is -3.02. The third kappa shape index (κ3) is 8.33. The third-order valence-electron chi connectivity index (χ3n) is 19.2. The SMILES string of the molecule is c1ccc(-c2ccc3c(c2)N(c2ccc([Si](c4ccccc4)(c4ccccc4)c4ccccc4)cc2)c2cc(-n4c5ccccc5c5ccccc54)cc4c2B3c2cc([Si](c3ccccc3)(c3ccccc3)c3ccccc3)ccc2N4c2ccccc2)cc1. The minimum Gasteiger partial charge on any atom is -0.311 e. The van der Waals surface area contributed by atoms with Gasteiger partial charge < -0.3 is 14.4 Å². The maximum absolute atomic E-state index is 3.02. The van der Waals surface area contributed by atoms with Crippen LogP contribution in [0.5, 0.6) is 0 Å². The van der Waals surface area contributed by atoms with Crippen LogP contribution in [0.15, 0.2) is 364 Å². The zero-order valence-electron chi connectivity index (χ0n) is 49.6. The monoisotopic (exact) mass is 1180 g/mol. The predicted octanol–water partition coefficient (Wildman–Crippen LogP) is 13.3. The van der Waals surface area contributed by atoms with E-state index in [1.165, 1.54) is 96.5 Å². The van der Waals surface area contributed by atoms with E-state index in [-0.39, 0.29) is 6.71 Å². The summed E-state index contributed by atoms with van der Waals surface area (Å²) in [5, 5.41) is 13.2. The van der Waals surface area contributed by atoms with Gasteiger partial charge in [-0.2, -0.15) is 0 Å².